The minimum atomic E-state index is 0.0338. The number of carbonyl (C=O) groups excluding carboxylic acids is 1. The molecule has 0 N–H and O–H groups in total. The third-order valence-corrected chi connectivity index (χ3v) is 3.21. The Bertz CT molecular complexity index is 416. The van der Waals surface area contributed by atoms with Crippen LogP contribution in [0.3, 0.4) is 0 Å². The highest BCUT2D eigenvalue weighted by atomic mass is 79.9. The van der Waals surface area contributed by atoms with E-state index in [0.29, 0.717) is 13.2 Å². The second-order valence-electron chi connectivity index (χ2n) is 4.88. The Hall–Kier alpha value is -0.810. The molecule has 1 aromatic heterocycles. The number of hydrogen-bond acceptors (Lipinski definition) is 2. The van der Waals surface area contributed by atoms with Crippen molar-refractivity contribution in [3.63, 3.8) is 0 Å². The number of aromatic nitrogens is 1. The van der Waals surface area contributed by atoms with Crippen molar-refractivity contribution in [2.75, 3.05) is 20.2 Å². The van der Waals surface area contributed by atoms with Gasteiger partial charge in [0.2, 0.25) is 0 Å². The molecule has 19 heavy (non-hydrogen) atoms. The summed E-state index contributed by atoms with van der Waals surface area (Å²) in [5, 5.41) is 0. The number of ether oxygens (including phenoxy) is 1. The van der Waals surface area contributed by atoms with Crippen LogP contribution >= 0.6 is 15.9 Å². The first-order chi connectivity index (χ1) is 8.95. The molecule has 4 nitrogen and oxygen atoms in total. The number of likely N-dealkylation sites (N-methyl/N-ethyl adjacent to an activating group) is 1. The number of nitrogens with zero attached hydrogens (tertiary/aromatic N) is 2. The van der Waals surface area contributed by atoms with Gasteiger partial charge in [-0.05, 0) is 42.3 Å². The number of aryl methyl sites for hydroxylation is 1. The summed E-state index contributed by atoms with van der Waals surface area (Å²) in [7, 11) is 1.81. The van der Waals surface area contributed by atoms with Gasteiger partial charge in [-0.3, -0.25) is 4.79 Å². The van der Waals surface area contributed by atoms with Crippen LogP contribution in [0.2, 0.25) is 0 Å². The van der Waals surface area contributed by atoms with Crippen molar-refractivity contribution in [3.05, 3.63) is 22.4 Å². The van der Waals surface area contributed by atoms with Gasteiger partial charge in [0.15, 0.2) is 0 Å². The average Bonchev–Trinajstić information content (AvgIpc) is 2.69. The molecule has 0 saturated heterocycles. The number of halogens is 1. The second kappa shape index (κ2) is 7.70. The number of amides is 1. The van der Waals surface area contributed by atoms with E-state index in [2.05, 4.69) is 22.9 Å². The molecule has 0 fully saturated rings. The highest BCUT2D eigenvalue weighted by molar-refractivity contribution is 9.10. The Morgan fingerprint density at radius 2 is 2.21 bits per heavy atom. The van der Waals surface area contributed by atoms with E-state index in [1.807, 2.05) is 37.7 Å². The van der Waals surface area contributed by atoms with Crippen molar-refractivity contribution in [2.45, 2.75) is 39.8 Å². The molecule has 0 aliphatic rings. The van der Waals surface area contributed by atoms with Crippen LogP contribution in [0.5, 0.6) is 0 Å². The SMILES string of the molecule is CCCn1cc(Br)cc1C(=O)N(C)CCOC(C)C. The predicted octanol–water partition coefficient (Wildman–Crippen LogP) is 3.16. The van der Waals surface area contributed by atoms with Crippen LogP contribution in [0.4, 0.5) is 0 Å². The summed E-state index contributed by atoms with van der Waals surface area (Å²) >= 11 is 3.43. The summed E-state index contributed by atoms with van der Waals surface area (Å²) in [6, 6.07) is 1.87. The highest BCUT2D eigenvalue weighted by Crippen LogP contribution is 2.17. The van der Waals surface area contributed by atoms with Crippen LogP contribution in [0, 0.1) is 0 Å². The summed E-state index contributed by atoms with van der Waals surface area (Å²) in [5.41, 5.74) is 0.723. The van der Waals surface area contributed by atoms with Crippen molar-refractivity contribution in [1.82, 2.24) is 9.47 Å². The normalized spacial score (nSPS) is 11.1. The van der Waals surface area contributed by atoms with Crippen molar-refractivity contribution in [2.24, 2.45) is 0 Å². The maximum Gasteiger partial charge on any atom is 0.270 e. The molecule has 0 spiro atoms. The van der Waals surface area contributed by atoms with Crippen LogP contribution in [-0.4, -0.2) is 41.7 Å². The predicted molar refractivity (Wildman–Crippen MR) is 80.5 cm³/mol. The molecule has 1 aromatic rings. The molecular formula is C14H23BrN2O2. The molecule has 0 unspecified atom stereocenters. The molecule has 1 rings (SSSR count). The fourth-order valence-electron chi connectivity index (χ4n) is 1.80. The number of carbonyl (C=O) groups is 1. The molecule has 108 valence electrons. The average molecular weight is 331 g/mol. The Morgan fingerprint density at radius 3 is 2.79 bits per heavy atom. The van der Waals surface area contributed by atoms with Crippen molar-refractivity contribution >= 4 is 21.8 Å². The molecule has 0 aromatic carbocycles. The first-order valence-corrected chi connectivity index (χ1v) is 7.47. The molecule has 0 saturated carbocycles. The zero-order chi connectivity index (χ0) is 14.4. The zero-order valence-electron chi connectivity index (χ0n) is 12.1. The fraction of sp³-hybridized carbons (Fsp3) is 0.643. The number of rotatable bonds is 7. The van der Waals surface area contributed by atoms with E-state index >= 15 is 0 Å². The lowest BCUT2D eigenvalue weighted by Crippen LogP contribution is -2.32. The van der Waals surface area contributed by atoms with Gasteiger partial charge in [0.25, 0.3) is 5.91 Å². The molecule has 5 heteroatoms. The maximum atomic E-state index is 12.4. The molecule has 0 radical (unpaired) electrons. The molecule has 0 atom stereocenters. The summed E-state index contributed by atoms with van der Waals surface area (Å²) in [6.07, 6.45) is 3.15. The summed E-state index contributed by atoms with van der Waals surface area (Å²) in [5.74, 6) is 0.0338. The summed E-state index contributed by atoms with van der Waals surface area (Å²) < 4.78 is 8.40. The van der Waals surface area contributed by atoms with Gasteiger partial charge < -0.3 is 14.2 Å². The lowest BCUT2D eigenvalue weighted by atomic mass is 10.3. The van der Waals surface area contributed by atoms with E-state index in [4.69, 9.17) is 4.74 Å². The molecule has 0 aliphatic carbocycles. The standard InChI is InChI=1S/C14H23BrN2O2/c1-5-6-17-10-12(15)9-13(17)14(18)16(4)7-8-19-11(2)3/h9-11H,5-8H2,1-4H3. The van der Waals surface area contributed by atoms with E-state index in [1.54, 1.807) is 4.90 Å². The number of hydrogen-bond donors (Lipinski definition) is 0. The maximum absolute atomic E-state index is 12.4. The van der Waals surface area contributed by atoms with Crippen LogP contribution in [-0.2, 0) is 11.3 Å². The quantitative estimate of drug-likeness (QED) is 0.769. The molecular weight excluding hydrogens is 308 g/mol. The summed E-state index contributed by atoms with van der Waals surface area (Å²) in [6.45, 7) is 8.10. The smallest absolute Gasteiger partial charge is 0.270 e. The van der Waals surface area contributed by atoms with Gasteiger partial charge in [-0.15, -0.1) is 0 Å². The first-order valence-electron chi connectivity index (χ1n) is 6.68. The van der Waals surface area contributed by atoms with Gasteiger partial charge >= 0.3 is 0 Å². The van der Waals surface area contributed by atoms with Crippen LogP contribution < -0.4 is 0 Å². The Kier molecular flexibility index (Phi) is 6.58. The lowest BCUT2D eigenvalue weighted by Gasteiger charge is -2.19. The van der Waals surface area contributed by atoms with E-state index in [9.17, 15) is 4.79 Å². The second-order valence-corrected chi connectivity index (χ2v) is 5.80. The Labute approximate surface area is 123 Å². The Morgan fingerprint density at radius 1 is 1.53 bits per heavy atom. The molecule has 0 bridgehead atoms. The van der Waals surface area contributed by atoms with E-state index in [-0.39, 0.29) is 12.0 Å². The largest absolute Gasteiger partial charge is 0.377 e. The minimum Gasteiger partial charge on any atom is -0.377 e. The highest BCUT2D eigenvalue weighted by Gasteiger charge is 2.16. The third kappa shape index (κ3) is 4.99. The van der Waals surface area contributed by atoms with E-state index < -0.39 is 0 Å². The van der Waals surface area contributed by atoms with Crippen LogP contribution in [0.25, 0.3) is 0 Å². The van der Waals surface area contributed by atoms with Crippen LogP contribution in [0.15, 0.2) is 16.7 Å². The van der Waals surface area contributed by atoms with Crippen molar-refractivity contribution in [3.8, 4) is 0 Å². The van der Waals surface area contributed by atoms with Crippen LogP contribution in [0.1, 0.15) is 37.7 Å². The minimum absolute atomic E-state index is 0.0338. The Balaban J connectivity index is 2.65. The molecule has 1 heterocycles. The van der Waals surface area contributed by atoms with Gasteiger partial charge in [-0.1, -0.05) is 6.92 Å². The van der Waals surface area contributed by atoms with Gasteiger partial charge in [-0.25, -0.2) is 0 Å². The van der Waals surface area contributed by atoms with Gasteiger partial charge in [0.1, 0.15) is 5.69 Å². The zero-order valence-corrected chi connectivity index (χ0v) is 13.7. The van der Waals surface area contributed by atoms with Gasteiger partial charge in [0, 0.05) is 30.8 Å². The topological polar surface area (TPSA) is 34.5 Å². The lowest BCUT2D eigenvalue weighted by molar-refractivity contribution is 0.0526. The van der Waals surface area contributed by atoms with Gasteiger partial charge in [0.05, 0.1) is 12.7 Å². The fourth-order valence-corrected chi connectivity index (χ4v) is 2.27. The first kappa shape index (κ1) is 16.2. The van der Waals surface area contributed by atoms with Crippen molar-refractivity contribution < 1.29 is 9.53 Å². The third-order valence-electron chi connectivity index (χ3n) is 2.77. The molecule has 1 amide bonds. The summed E-state index contributed by atoms with van der Waals surface area (Å²) in [4.78, 5) is 14.1. The monoisotopic (exact) mass is 330 g/mol. The van der Waals surface area contributed by atoms with Gasteiger partial charge in [-0.2, -0.15) is 0 Å². The van der Waals surface area contributed by atoms with E-state index in [0.717, 1.165) is 23.1 Å². The van der Waals surface area contributed by atoms with E-state index in [1.165, 1.54) is 0 Å². The van der Waals surface area contributed by atoms with Crippen molar-refractivity contribution in [1.29, 1.82) is 0 Å². The molecule has 0 aliphatic heterocycles.